The number of hydrogen-bond acceptors (Lipinski definition) is 4. The first-order chi connectivity index (χ1) is 12.1. The lowest BCUT2D eigenvalue weighted by Crippen LogP contribution is -2.22. The van der Waals surface area contributed by atoms with Crippen LogP contribution in [0, 0.1) is 0 Å². The minimum absolute atomic E-state index is 0.152. The number of nitrogens with one attached hydrogen (secondary N) is 1. The molecule has 25 heavy (non-hydrogen) atoms. The number of amides is 1. The second-order valence-electron chi connectivity index (χ2n) is 5.17. The maximum atomic E-state index is 12.1. The van der Waals surface area contributed by atoms with Crippen molar-refractivity contribution in [1.82, 2.24) is 10.3 Å². The fourth-order valence-electron chi connectivity index (χ4n) is 2.09. The molecule has 0 fully saturated rings. The van der Waals surface area contributed by atoms with Crippen LogP contribution in [0.25, 0.3) is 0 Å². The molecule has 0 aliphatic heterocycles. The lowest BCUT2D eigenvalue weighted by atomic mass is 10.2. The van der Waals surface area contributed by atoms with Crippen LogP contribution in [0.2, 0.25) is 10.0 Å². The number of rotatable bonds is 6. The lowest BCUT2D eigenvalue weighted by Gasteiger charge is -2.06. The molecule has 0 radical (unpaired) electrons. The minimum Gasteiger partial charge on any atom is -0.484 e. The molecule has 1 amide bonds. The first kappa shape index (κ1) is 17.3. The number of ether oxygens (including phenoxy) is 1. The van der Waals surface area contributed by atoms with E-state index in [1.807, 2.05) is 12.1 Å². The van der Waals surface area contributed by atoms with Crippen LogP contribution in [0.3, 0.4) is 0 Å². The van der Waals surface area contributed by atoms with Crippen molar-refractivity contribution in [3.05, 3.63) is 82.0 Å². The first-order valence-corrected chi connectivity index (χ1v) is 8.21. The topological polar surface area (TPSA) is 64.4 Å². The van der Waals surface area contributed by atoms with Gasteiger partial charge in [0, 0.05) is 24.0 Å². The van der Waals surface area contributed by atoms with Gasteiger partial charge in [0.25, 0.3) is 5.91 Å². The van der Waals surface area contributed by atoms with Gasteiger partial charge in [-0.2, -0.15) is 0 Å². The van der Waals surface area contributed by atoms with Gasteiger partial charge in [0.15, 0.2) is 5.76 Å². The molecule has 3 aromatic rings. The third-order valence-electron chi connectivity index (χ3n) is 3.35. The summed E-state index contributed by atoms with van der Waals surface area (Å²) in [5.74, 6) is 0.925. The van der Waals surface area contributed by atoms with Crippen molar-refractivity contribution < 1.29 is 13.9 Å². The highest BCUT2D eigenvalue weighted by atomic mass is 35.5. The average molecular weight is 377 g/mol. The maximum Gasteiger partial charge on any atom is 0.287 e. The number of nitrogens with zero attached hydrogens (tertiary/aromatic N) is 1. The Morgan fingerprint density at radius 2 is 1.92 bits per heavy atom. The van der Waals surface area contributed by atoms with E-state index in [-0.39, 0.29) is 18.3 Å². The number of furan rings is 1. The Bertz CT molecular complexity index is 866. The number of pyridine rings is 1. The summed E-state index contributed by atoms with van der Waals surface area (Å²) in [5, 5.41) is 3.72. The normalized spacial score (nSPS) is 10.5. The van der Waals surface area contributed by atoms with E-state index in [4.69, 9.17) is 32.4 Å². The molecule has 5 nitrogen and oxygen atoms in total. The van der Waals surface area contributed by atoms with Gasteiger partial charge in [0.2, 0.25) is 0 Å². The van der Waals surface area contributed by atoms with Crippen molar-refractivity contribution in [2.24, 2.45) is 0 Å². The van der Waals surface area contributed by atoms with Crippen molar-refractivity contribution in [2.75, 3.05) is 0 Å². The molecule has 0 bridgehead atoms. The quantitative estimate of drug-likeness (QED) is 0.688. The van der Waals surface area contributed by atoms with Gasteiger partial charge in [-0.25, -0.2) is 0 Å². The van der Waals surface area contributed by atoms with Crippen molar-refractivity contribution in [1.29, 1.82) is 0 Å². The molecule has 0 saturated carbocycles. The summed E-state index contributed by atoms with van der Waals surface area (Å²) in [5.41, 5.74) is 0.954. The second-order valence-corrected chi connectivity index (χ2v) is 6.01. The molecular weight excluding hydrogens is 363 g/mol. The number of carbonyl (C=O) groups is 1. The van der Waals surface area contributed by atoms with E-state index in [9.17, 15) is 4.79 Å². The first-order valence-electron chi connectivity index (χ1n) is 7.45. The third kappa shape index (κ3) is 4.75. The zero-order chi connectivity index (χ0) is 17.6. The monoisotopic (exact) mass is 376 g/mol. The van der Waals surface area contributed by atoms with Crippen LogP contribution in [0.5, 0.6) is 5.75 Å². The number of benzene rings is 1. The molecule has 0 atom stereocenters. The van der Waals surface area contributed by atoms with E-state index >= 15 is 0 Å². The van der Waals surface area contributed by atoms with Crippen LogP contribution in [0.4, 0.5) is 0 Å². The standard InChI is InChI=1S/C18H14Cl2N2O3/c19-13-1-3-16(15(20)9-13)24-11-14-2-4-17(25-14)18(23)22-10-12-5-7-21-8-6-12/h1-9H,10-11H2,(H,22,23). The Balaban J connectivity index is 1.55. The average Bonchev–Trinajstić information content (AvgIpc) is 3.09. The molecule has 0 aliphatic carbocycles. The van der Waals surface area contributed by atoms with E-state index < -0.39 is 0 Å². The van der Waals surface area contributed by atoms with E-state index in [1.165, 1.54) is 0 Å². The highest BCUT2D eigenvalue weighted by molar-refractivity contribution is 6.35. The molecule has 0 aliphatic rings. The highest BCUT2D eigenvalue weighted by Crippen LogP contribution is 2.28. The Labute approximate surface area is 154 Å². The fraction of sp³-hybridized carbons (Fsp3) is 0.111. The SMILES string of the molecule is O=C(NCc1ccncc1)c1ccc(COc2ccc(Cl)cc2Cl)o1. The number of carbonyl (C=O) groups excluding carboxylic acids is 1. The van der Waals surface area contributed by atoms with Gasteiger partial charge >= 0.3 is 0 Å². The van der Waals surface area contributed by atoms with Crippen LogP contribution >= 0.6 is 23.2 Å². The van der Waals surface area contributed by atoms with Gasteiger partial charge in [-0.15, -0.1) is 0 Å². The molecule has 1 N–H and O–H groups in total. The summed E-state index contributed by atoms with van der Waals surface area (Å²) in [6, 6.07) is 11.9. The minimum atomic E-state index is -0.299. The van der Waals surface area contributed by atoms with Crippen molar-refractivity contribution >= 4 is 29.1 Å². The summed E-state index contributed by atoms with van der Waals surface area (Å²) < 4.78 is 11.1. The van der Waals surface area contributed by atoms with Crippen molar-refractivity contribution in [2.45, 2.75) is 13.2 Å². The van der Waals surface area contributed by atoms with Gasteiger partial charge in [-0.3, -0.25) is 9.78 Å². The van der Waals surface area contributed by atoms with Gasteiger partial charge < -0.3 is 14.5 Å². The molecule has 2 heterocycles. The second kappa shape index (κ2) is 8.05. The molecule has 2 aromatic heterocycles. The third-order valence-corrected chi connectivity index (χ3v) is 3.88. The predicted octanol–water partition coefficient (Wildman–Crippen LogP) is 4.49. The maximum absolute atomic E-state index is 12.1. The van der Waals surface area contributed by atoms with Gasteiger partial charge in [0.05, 0.1) is 5.02 Å². The Morgan fingerprint density at radius 1 is 1.12 bits per heavy atom. The molecule has 7 heteroatoms. The fourth-order valence-corrected chi connectivity index (χ4v) is 2.55. The summed E-state index contributed by atoms with van der Waals surface area (Å²) in [6.45, 7) is 0.549. The van der Waals surface area contributed by atoms with Crippen molar-refractivity contribution in [3.63, 3.8) is 0 Å². The molecule has 3 rings (SSSR count). The molecule has 1 aromatic carbocycles. The van der Waals surface area contributed by atoms with Crippen LogP contribution in [0.1, 0.15) is 21.9 Å². The summed E-state index contributed by atoms with van der Waals surface area (Å²) in [4.78, 5) is 16.0. The Kier molecular flexibility index (Phi) is 5.58. The van der Waals surface area contributed by atoms with E-state index in [2.05, 4.69) is 10.3 Å². The van der Waals surface area contributed by atoms with Crippen LogP contribution in [0.15, 0.2) is 59.3 Å². The summed E-state index contributed by atoms with van der Waals surface area (Å²) in [6.07, 6.45) is 3.34. The van der Waals surface area contributed by atoms with E-state index in [1.54, 1.807) is 42.7 Å². The van der Waals surface area contributed by atoms with Gasteiger partial charge in [-0.05, 0) is 48.0 Å². The molecule has 0 unspecified atom stereocenters. The molecule has 0 spiro atoms. The largest absolute Gasteiger partial charge is 0.484 e. The van der Waals surface area contributed by atoms with Gasteiger partial charge in [0.1, 0.15) is 18.1 Å². The Hall–Kier alpha value is -2.50. The van der Waals surface area contributed by atoms with Crippen LogP contribution in [-0.2, 0) is 13.2 Å². The van der Waals surface area contributed by atoms with E-state index in [0.29, 0.717) is 28.1 Å². The smallest absolute Gasteiger partial charge is 0.287 e. The lowest BCUT2D eigenvalue weighted by molar-refractivity contribution is 0.0919. The number of halogens is 2. The molecular formula is C18H14Cl2N2O3. The van der Waals surface area contributed by atoms with E-state index in [0.717, 1.165) is 5.56 Å². The van der Waals surface area contributed by atoms with Crippen molar-refractivity contribution in [3.8, 4) is 5.75 Å². The summed E-state index contributed by atoms with van der Waals surface area (Å²) in [7, 11) is 0. The Morgan fingerprint density at radius 3 is 2.68 bits per heavy atom. The molecule has 128 valence electrons. The molecule has 0 saturated heterocycles. The summed E-state index contributed by atoms with van der Waals surface area (Å²) >= 11 is 11.9. The number of hydrogen-bond donors (Lipinski definition) is 1. The van der Waals surface area contributed by atoms with Crippen LogP contribution < -0.4 is 10.1 Å². The highest BCUT2D eigenvalue weighted by Gasteiger charge is 2.12. The predicted molar refractivity (Wildman–Crippen MR) is 94.9 cm³/mol. The zero-order valence-corrected chi connectivity index (χ0v) is 14.6. The zero-order valence-electron chi connectivity index (χ0n) is 13.0. The van der Waals surface area contributed by atoms with Gasteiger partial charge in [-0.1, -0.05) is 23.2 Å². The number of aromatic nitrogens is 1. The van der Waals surface area contributed by atoms with Crippen LogP contribution in [-0.4, -0.2) is 10.9 Å².